The number of aliphatic hydroxyl groups is 2. The molecule has 4 aliphatic rings. The van der Waals surface area contributed by atoms with Gasteiger partial charge < -0.3 is 20.1 Å². The summed E-state index contributed by atoms with van der Waals surface area (Å²) < 4.78 is 32.2. The minimum atomic E-state index is -4.32. The third-order valence-corrected chi connectivity index (χ3v) is 11.7. The van der Waals surface area contributed by atoms with E-state index in [4.69, 9.17) is 0 Å². The summed E-state index contributed by atoms with van der Waals surface area (Å²) in [6.45, 7) is 6.78. The molecule has 0 aromatic rings. The van der Waals surface area contributed by atoms with E-state index >= 15 is 0 Å². The molecule has 0 saturated heterocycles. The molecule has 10 unspecified atom stereocenters. The number of carbonyl (C=O) groups excluding carboxylic acids is 1. The number of carbonyl (C=O) groups is 1. The van der Waals surface area contributed by atoms with Crippen LogP contribution in [-0.4, -0.2) is 53.6 Å². The molecule has 0 bridgehead atoms. The van der Waals surface area contributed by atoms with Crippen LogP contribution in [-0.2, 0) is 14.9 Å². The Bertz CT molecular complexity index is 870. The van der Waals surface area contributed by atoms with E-state index in [9.17, 15) is 28.0 Å². The van der Waals surface area contributed by atoms with E-state index in [-0.39, 0.29) is 71.0 Å². The number of aliphatic hydroxyl groups excluding tert-OH is 2. The van der Waals surface area contributed by atoms with Gasteiger partial charge in [0.05, 0.1) is 28.1 Å². The van der Waals surface area contributed by atoms with Crippen molar-refractivity contribution in [2.24, 2.45) is 46.3 Å². The Morgan fingerprint density at radius 2 is 1.80 bits per heavy atom. The van der Waals surface area contributed by atoms with Crippen LogP contribution in [0.3, 0.4) is 0 Å². The molecule has 0 spiro atoms. The molecule has 0 radical (unpaired) electrons. The van der Waals surface area contributed by atoms with Crippen LogP contribution < -0.4 is 34.9 Å². The first-order valence-electron chi connectivity index (χ1n) is 13.4. The predicted molar refractivity (Wildman–Crippen MR) is 129 cm³/mol. The molecule has 4 saturated carbocycles. The van der Waals surface area contributed by atoms with Crippen LogP contribution in [0.1, 0.15) is 85.0 Å². The van der Waals surface area contributed by atoms with E-state index in [0.29, 0.717) is 42.4 Å². The van der Waals surface area contributed by atoms with Crippen molar-refractivity contribution in [3.8, 4) is 0 Å². The molecule has 0 heterocycles. The third kappa shape index (κ3) is 5.84. The van der Waals surface area contributed by atoms with E-state index < -0.39 is 15.9 Å². The molecule has 35 heavy (non-hydrogen) atoms. The maximum atomic E-state index is 12.2. The second kappa shape index (κ2) is 11.2. The average molecular weight is 522 g/mol. The number of fused-ring (bicyclic) bond motifs is 5. The molecule has 4 fully saturated rings. The molecule has 7 nitrogen and oxygen atoms in total. The number of nitrogens with one attached hydrogen (secondary N) is 1. The minimum absolute atomic E-state index is 0. The van der Waals surface area contributed by atoms with Gasteiger partial charge in [-0.15, -0.1) is 0 Å². The summed E-state index contributed by atoms with van der Waals surface area (Å²) in [5.41, 5.74) is 0.0922. The molecule has 3 N–H and O–H groups in total. The van der Waals surface area contributed by atoms with Gasteiger partial charge in [-0.05, 0) is 104 Å². The van der Waals surface area contributed by atoms with Crippen LogP contribution >= 0.6 is 0 Å². The molecule has 0 aliphatic heterocycles. The van der Waals surface area contributed by atoms with Gasteiger partial charge in [-0.25, -0.2) is 8.42 Å². The zero-order chi connectivity index (χ0) is 24.9. The van der Waals surface area contributed by atoms with E-state index in [0.717, 1.165) is 38.5 Å². The summed E-state index contributed by atoms with van der Waals surface area (Å²) in [4.78, 5) is 12.2. The fraction of sp³-hybridized carbons (Fsp3) is 0.962. The molecule has 4 rings (SSSR count). The van der Waals surface area contributed by atoms with Crippen LogP contribution in [0.2, 0.25) is 0 Å². The van der Waals surface area contributed by atoms with Crippen molar-refractivity contribution in [3.63, 3.8) is 0 Å². The summed E-state index contributed by atoms with van der Waals surface area (Å²) >= 11 is 0. The van der Waals surface area contributed by atoms with Crippen molar-refractivity contribution in [2.45, 2.75) is 97.2 Å². The number of rotatable bonds is 7. The Kier molecular flexibility index (Phi) is 9.54. The Hall–Kier alpha value is 0.300. The van der Waals surface area contributed by atoms with Gasteiger partial charge in [0.2, 0.25) is 5.91 Å². The van der Waals surface area contributed by atoms with E-state index in [1.807, 2.05) is 0 Å². The predicted octanol–water partition coefficient (Wildman–Crippen LogP) is 0.0587. The van der Waals surface area contributed by atoms with E-state index in [1.165, 1.54) is 12.8 Å². The van der Waals surface area contributed by atoms with E-state index in [2.05, 4.69) is 26.1 Å². The van der Waals surface area contributed by atoms with Gasteiger partial charge in [-0.2, -0.15) is 0 Å². The van der Waals surface area contributed by atoms with Gasteiger partial charge in [0, 0.05) is 13.0 Å². The summed E-state index contributed by atoms with van der Waals surface area (Å²) in [6.07, 6.45) is 8.85. The van der Waals surface area contributed by atoms with Crippen molar-refractivity contribution in [1.29, 1.82) is 0 Å². The summed E-state index contributed by atoms with van der Waals surface area (Å²) in [6, 6.07) is 0. The maximum Gasteiger partial charge on any atom is 1.00 e. The molecule has 196 valence electrons. The van der Waals surface area contributed by atoms with Gasteiger partial charge in [0.1, 0.15) is 0 Å². The van der Waals surface area contributed by atoms with Crippen molar-refractivity contribution >= 4 is 16.0 Å². The summed E-state index contributed by atoms with van der Waals surface area (Å²) in [5, 5.41) is 24.4. The van der Waals surface area contributed by atoms with Gasteiger partial charge in [0.25, 0.3) is 0 Å². The molecule has 0 aromatic carbocycles. The second-order valence-corrected chi connectivity index (χ2v) is 14.0. The fourth-order valence-electron chi connectivity index (χ4n) is 9.12. The molecule has 0 aromatic heterocycles. The second-order valence-electron chi connectivity index (χ2n) is 12.5. The van der Waals surface area contributed by atoms with E-state index in [1.54, 1.807) is 0 Å². The smallest absolute Gasteiger partial charge is 0.748 e. The summed E-state index contributed by atoms with van der Waals surface area (Å²) in [7, 11) is -4.32. The van der Waals surface area contributed by atoms with Crippen LogP contribution in [0.25, 0.3) is 0 Å². The van der Waals surface area contributed by atoms with Gasteiger partial charge in [-0.1, -0.05) is 20.8 Å². The van der Waals surface area contributed by atoms with Crippen molar-refractivity contribution in [3.05, 3.63) is 0 Å². The normalized spacial score (nSPS) is 43.8. The van der Waals surface area contributed by atoms with Crippen LogP contribution in [0.4, 0.5) is 0 Å². The van der Waals surface area contributed by atoms with Crippen LogP contribution in [0, 0.1) is 46.3 Å². The molecule has 9 heteroatoms. The minimum Gasteiger partial charge on any atom is -0.748 e. The third-order valence-electron chi connectivity index (χ3n) is 11.0. The Morgan fingerprint density at radius 3 is 2.49 bits per heavy atom. The molecular formula is C26H44NNaO6S. The molecule has 1 amide bonds. The van der Waals surface area contributed by atoms with Crippen molar-refractivity contribution in [1.82, 2.24) is 5.32 Å². The standard InChI is InChI=1S/C26H45NO6S.Na/c1-16(4-9-24(30)27-12-13-34(31,32)33)20-7-8-21-19-6-5-17-14-18(28)10-11-25(17,2)22(19)15-23(29)26(20,21)3;/h16-23,28-29H,4-15H2,1-3H3,(H,27,30)(H,31,32,33);/q;+1/p-1. The van der Waals surface area contributed by atoms with Gasteiger partial charge >= 0.3 is 29.6 Å². The van der Waals surface area contributed by atoms with Crippen molar-refractivity contribution in [2.75, 3.05) is 12.3 Å². The first-order chi connectivity index (χ1) is 15.9. The zero-order valence-corrected chi connectivity index (χ0v) is 24.9. The zero-order valence-electron chi connectivity index (χ0n) is 22.0. The molecule has 10 atom stereocenters. The Morgan fingerprint density at radius 1 is 1.09 bits per heavy atom. The van der Waals surface area contributed by atoms with Crippen LogP contribution in [0.5, 0.6) is 0 Å². The SMILES string of the molecule is CC(CCC(=O)NCCS(=O)(=O)[O-])C1CCC2C3CCC4CC(O)CCC4(C)C3CC(O)C12C.[Na+]. The first kappa shape index (κ1) is 29.9. The number of amides is 1. The number of hydrogen-bond acceptors (Lipinski definition) is 6. The fourth-order valence-corrected chi connectivity index (χ4v) is 9.48. The van der Waals surface area contributed by atoms with Crippen molar-refractivity contribution < 1.29 is 57.5 Å². The average Bonchev–Trinajstić information content (AvgIpc) is 3.11. The van der Waals surface area contributed by atoms with Crippen LogP contribution in [0.15, 0.2) is 0 Å². The largest absolute Gasteiger partial charge is 1.00 e. The topological polar surface area (TPSA) is 127 Å². The Labute approximate surface area is 233 Å². The van der Waals surface area contributed by atoms with Gasteiger partial charge in [0.15, 0.2) is 0 Å². The molecular weight excluding hydrogens is 477 g/mol. The molecule has 4 aliphatic carbocycles. The maximum absolute atomic E-state index is 12.2. The van der Waals surface area contributed by atoms with Gasteiger partial charge in [-0.3, -0.25) is 4.79 Å². The number of hydrogen-bond donors (Lipinski definition) is 3. The summed E-state index contributed by atoms with van der Waals surface area (Å²) in [5.74, 6) is 2.10. The first-order valence-corrected chi connectivity index (χ1v) is 15.0. The quantitative estimate of drug-likeness (QED) is 0.321. The monoisotopic (exact) mass is 521 g/mol. The Balaban J connectivity index is 0.00000342.